The molecule has 12 heavy (non-hydrogen) atoms. The van der Waals surface area contributed by atoms with Gasteiger partial charge in [0.05, 0.1) is 5.56 Å². The molecule has 2 heteroatoms. The summed E-state index contributed by atoms with van der Waals surface area (Å²) in [4.78, 5) is 11.6. The van der Waals surface area contributed by atoms with Gasteiger partial charge in [-0.2, -0.15) is 0 Å². The van der Waals surface area contributed by atoms with Gasteiger partial charge >= 0.3 is 0 Å². The Hall–Kier alpha value is -1.05. The highest BCUT2D eigenvalue weighted by molar-refractivity contribution is 6.00. The normalized spacial score (nSPS) is 16.5. The predicted octanol–water partition coefficient (Wildman–Crippen LogP) is 2.49. The van der Waals surface area contributed by atoms with E-state index in [4.69, 9.17) is 4.42 Å². The SMILES string of the molecule is Cc1cc(C(=O)C2CC2)c(C)o1. The second-order valence-electron chi connectivity index (χ2n) is 3.47. The Morgan fingerprint density at radius 3 is 2.58 bits per heavy atom. The summed E-state index contributed by atoms with van der Waals surface area (Å²) in [5.74, 6) is 2.16. The van der Waals surface area contributed by atoms with Crippen molar-refractivity contribution in [3.8, 4) is 0 Å². The molecule has 1 saturated carbocycles. The molecule has 1 aliphatic rings. The molecule has 0 bridgehead atoms. The van der Waals surface area contributed by atoms with Crippen molar-refractivity contribution >= 4 is 5.78 Å². The number of ketones is 1. The van der Waals surface area contributed by atoms with Crippen LogP contribution in [-0.2, 0) is 0 Å². The molecule has 0 aromatic carbocycles. The maximum absolute atomic E-state index is 11.6. The highest BCUT2D eigenvalue weighted by Crippen LogP contribution is 2.33. The van der Waals surface area contributed by atoms with E-state index in [-0.39, 0.29) is 5.78 Å². The summed E-state index contributed by atoms with van der Waals surface area (Å²) in [6.07, 6.45) is 2.12. The third kappa shape index (κ3) is 1.17. The van der Waals surface area contributed by atoms with Crippen LogP contribution in [0.2, 0.25) is 0 Å². The van der Waals surface area contributed by atoms with Crippen molar-refractivity contribution in [1.29, 1.82) is 0 Å². The van der Waals surface area contributed by atoms with Gasteiger partial charge < -0.3 is 4.42 Å². The second-order valence-corrected chi connectivity index (χ2v) is 3.47. The molecule has 0 atom stereocenters. The number of carbonyl (C=O) groups excluding carboxylic acids is 1. The van der Waals surface area contributed by atoms with Gasteiger partial charge in [-0.1, -0.05) is 0 Å². The standard InChI is InChI=1S/C10H12O2/c1-6-5-9(7(2)12-6)10(11)8-3-4-8/h5,8H,3-4H2,1-2H3. The van der Waals surface area contributed by atoms with E-state index in [1.165, 1.54) is 0 Å². The van der Waals surface area contributed by atoms with Gasteiger partial charge in [-0.25, -0.2) is 0 Å². The fourth-order valence-electron chi connectivity index (χ4n) is 1.44. The lowest BCUT2D eigenvalue weighted by Gasteiger charge is -1.92. The van der Waals surface area contributed by atoms with Gasteiger partial charge in [0.2, 0.25) is 0 Å². The van der Waals surface area contributed by atoms with E-state index in [0.29, 0.717) is 5.92 Å². The maximum Gasteiger partial charge on any atom is 0.169 e. The van der Waals surface area contributed by atoms with Crippen molar-refractivity contribution in [3.63, 3.8) is 0 Å². The molecule has 0 N–H and O–H groups in total. The van der Waals surface area contributed by atoms with Crippen LogP contribution in [0.15, 0.2) is 10.5 Å². The average molecular weight is 164 g/mol. The van der Waals surface area contributed by atoms with Crippen molar-refractivity contribution in [2.75, 3.05) is 0 Å². The van der Waals surface area contributed by atoms with E-state index in [9.17, 15) is 4.79 Å². The van der Waals surface area contributed by atoms with E-state index in [1.54, 1.807) is 0 Å². The molecule has 1 aromatic heterocycles. The first-order valence-corrected chi connectivity index (χ1v) is 4.29. The molecule has 0 aliphatic heterocycles. The van der Waals surface area contributed by atoms with Crippen molar-refractivity contribution in [3.05, 3.63) is 23.2 Å². The Morgan fingerprint density at radius 2 is 2.17 bits per heavy atom. The molecule has 1 aliphatic carbocycles. The first-order valence-electron chi connectivity index (χ1n) is 4.29. The van der Waals surface area contributed by atoms with Crippen LogP contribution < -0.4 is 0 Å². The van der Waals surface area contributed by atoms with Crippen molar-refractivity contribution in [2.45, 2.75) is 26.7 Å². The third-order valence-corrected chi connectivity index (χ3v) is 2.25. The Morgan fingerprint density at radius 1 is 1.50 bits per heavy atom. The van der Waals surface area contributed by atoms with Crippen molar-refractivity contribution in [2.24, 2.45) is 5.92 Å². The van der Waals surface area contributed by atoms with Crippen molar-refractivity contribution < 1.29 is 9.21 Å². The van der Waals surface area contributed by atoms with Gasteiger partial charge in [0.15, 0.2) is 5.78 Å². The maximum atomic E-state index is 11.6. The molecule has 64 valence electrons. The molecule has 0 saturated heterocycles. The minimum absolute atomic E-state index is 0.268. The number of hydrogen-bond donors (Lipinski definition) is 0. The summed E-state index contributed by atoms with van der Waals surface area (Å²) in [7, 11) is 0. The van der Waals surface area contributed by atoms with E-state index in [0.717, 1.165) is 29.9 Å². The van der Waals surface area contributed by atoms with E-state index < -0.39 is 0 Å². The van der Waals surface area contributed by atoms with Gasteiger partial charge in [0.25, 0.3) is 0 Å². The second kappa shape index (κ2) is 2.47. The summed E-state index contributed by atoms with van der Waals surface area (Å²) in [5, 5.41) is 0. The fourth-order valence-corrected chi connectivity index (χ4v) is 1.44. The summed E-state index contributed by atoms with van der Waals surface area (Å²) in [5.41, 5.74) is 0.787. The number of rotatable bonds is 2. The molecule has 1 heterocycles. The van der Waals surface area contributed by atoms with Gasteiger partial charge in [-0.15, -0.1) is 0 Å². The monoisotopic (exact) mass is 164 g/mol. The summed E-state index contributed by atoms with van der Waals surface area (Å²) in [6.45, 7) is 3.72. The summed E-state index contributed by atoms with van der Waals surface area (Å²) >= 11 is 0. The zero-order chi connectivity index (χ0) is 8.72. The van der Waals surface area contributed by atoms with Crippen LogP contribution in [0.1, 0.15) is 34.7 Å². The third-order valence-electron chi connectivity index (χ3n) is 2.25. The van der Waals surface area contributed by atoms with E-state index in [2.05, 4.69) is 0 Å². The van der Waals surface area contributed by atoms with Crippen molar-refractivity contribution in [1.82, 2.24) is 0 Å². The summed E-state index contributed by atoms with van der Waals surface area (Å²) in [6, 6.07) is 1.84. The highest BCUT2D eigenvalue weighted by atomic mass is 16.3. The first-order chi connectivity index (χ1) is 5.68. The molecule has 0 unspecified atom stereocenters. The lowest BCUT2D eigenvalue weighted by atomic mass is 10.1. The molecular formula is C10H12O2. The minimum Gasteiger partial charge on any atom is -0.466 e. The number of aryl methyl sites for hydroxylation is 2. The Balaban J connectivity index is 2.31. The number of Topliss-reactive ketones (excluding diaryl/α,β-unsaturated/α-hetero) is 1. The molecule has 1 fully saturated rings. The van der Waals surface area contributed by atoms with Gasteiger partial charge in [-0.3, -0.25) is 4.79 Å². The minimum atomic E-state index is 0.268. The van der Waals surface area contributed by atoms with Crippen LogP contribution in [0, 0.1) is 19.8 Å². The van der Waals surface area contributed by atoms with Crippen LogP contribution in [0.3, 0.4) is 0 Å². The van der Waals surface area contributed by atoms with Crippen LogP contribution in [0.4, 0.5) is 0 Å². The van der Waals surface area contributed by atoms with E-state index >= 15 is 0 Å². The Kier molecular flexibility index (Phi) is 1.56. The molecule has 0 spiro atoms. The molecule has 2 rings (SSSR count). The highest BCUT2D eigenvalue weighted by Gasteiger charge is 2.32. The zero-order valence-electron chi connectivity index (χ0n) is 7.39. The number of hydrogen-bond acceptors (Lipinski definition) is 2. The molecule has 0 amide bonds. The average Bonchev–Trinajstić information content (AvgIpc) is 2.77. The van der Waals surface area contributed by atoms with Gasteiger partial charge in [0, 0.05) is 5.92 Å². The Labute approximate surface area is 71.6 Å². The molecule has 1 aromatic rings. The lowest BCUT2D eigenvalue weighted by Crippen LogP contribution is -2.00. The fraction of sp³-hybridized carbons (Fsp3) is 0.500. The van der Waals surface area contributed by atoms with Crippen LogP contribution in [-0.4, -0.2) is 5.78 Å². The summed E-state index contributed by atoms with van der Waals surface area (Å²) < 4.78 is 5.29. The smallest absolute Gasteiger partial charge is 0.169 e. The first kappa shape index (κ1) is 7.59. The topological polar surface area (TPSA) is 30.2 Å². The zero-order valence-corrected chi connectivity index (χ0v) is 7.39. The van der Waals surface area contributed by atoms with Crippen LogP contribution >= 0.6 is 0 Å². The predicted molar refractivity (Wildman–Crippen MR) is 45.2 cm³/mol. The lowest BCUT2D eigenvalue weighted by molar-refractivity contribution is 0.0966. The quantitative estimate of drug-likeness (QED) is 0.628. The van der Waals surface area contributed by atoms with Gasteiger partial charge in [-0.05, 0) is 32.8 Å². The molecule has 0 radical (unpaired) electrons. The molecule has 2 nitrogen and oxygen atoms in total. The van der Waals surface area contributed by atoms with Crippen LogP contribution in [0.25, 0.3) is 0 Å². The molecular weight excluding hydrogens is 152 g/mol. The van der Waals surface area contributed by atoms with E-state index in [1.807, 2.05) is 19.9 Å². The number of carbonyl (C=O) groups is 1. The number of furan rings is 1. The Bertz CT molecular complexity index is 319. The van der Waals surface area contributed by atoms with Crippen LogP contribution in [0.5, 0.6) is 0 Å². The largest absolute Gasteiger partial charge is 0.466 e. The van der Waals surface area contributed by atoms with Gasteiger partial charge in [0.1, 0.15) is 11.5 Å².